The number of carboxylic acid groups (broad SMARTS) is 1. The van der Waals surface area contributed by atoms with Crippen LogP contribution in [0.4, 0.5) is 0 Å². The second kappa shape index (κ2) is 4.27. The highest BCUT2D eigenvalue weighted by atomic mass is 32.2. The van der Waals surface area contributed by atoms with Gasteiger partial charge in [0.05, 0.1) is 11.7 Å². The number of nitrogens with one attached hydrogen (secondary N) is 1. The highest BCUT2D eigenvalue weighted by molar-refractivity contribution is 7.89. The maximum atomic E-state index is 11.4. The van der Waals surface area contributed by atoms with Crippen molar-refractivity contribution in [1.29, 1.82) is 0 Å². The SMILES string of the molecule is CC(CS(=O)(=O)NC(C)(C)C)C(=O)O. The van der Waals surface area contributed by atoms with Crippen LogP contribution in [0.25, 0.3) is 0 Å². The van der Waals surface area contributed by atoms with Gasteiger partial charge in [-0.05, 0) is 20.8 Å². The summed E-state index contributed by atoms with van der Waals surface area (Å²) in [4.78, 5) is 10.5. The van der Waals surface area contributed by atoms with Crippen molar-refractivity contribution >= 4 is 16.0 Å². The fourth-order valence-electron chi connectivity index (χ4n) is 0.909. The Morgan fingerprint density at radius 2 is 1.86 bits per heavy atom. The van der Waals surface area contributed by atoms with E-state index in [-0.39, 0.29) is 5.75 Å². The van der Waals surface area contributed by atoms with E-state index in [1.165, 1.54) is 6.92 Å². The van der Waals surface area contributed by atoms with E-state index in [9.17, 15) is 13.2 Å². The topological polar surface area (TPSA) is 83.5 Å². The molecule has 84 valence electrons. The lowest BCUT2D eigenvalue weighted by Crippen LogP contribution is -2.43. The van der Waals surface area contributed by atoms with E-state index in [1.54, 1.807) is 20.8 Å². The third-order valence-electron chi connectivity index (χ3n) is 1.35. The van der Waals surface area contributed by atoms with Gasteiger partial charge in [0.25, 0.3) is 0 Å². The van der Waals surface area contributed by atoms with Crippen LogP contribution >= 0.6 is 0 Å². The van der Waals surface area contributed by atoms with Crippen LogP contribution in [0.3, 0.4) is 0 Å². The average Bonchev–Trinajstić information content (AvgIpc) is 1.78. The molecule has 0 saturated carbocycles. The van der Waals surface area contributed by atoms with E-state index >= 15 is 0 Å². The van der Waals surface area contributed by atoms with Gasteiger partial charge in [-0.1, -0.05) is 6.92 Å². The summed E-state index contributed by atoms with van der Waals surface area (Å²) in [6.45, 7) is 6.48. The van der Waals surface area contributed by atoms with Crippen molar-refractivity contribution in [3.05, 3.63) is 0 Å². The average molecular weight is 223 g/mol. The summed E-state index contributed by atoms with van der Waals surface area (Å²) < 4.78 is 25.2. The zero-order valence-corrected chi connectivity index (χ0v) is 9.68. The Balaban J connectivity index is 4.45. The number of sulfonamides is 1. The van der Waals surface area contributed by atoms with Crippen LogP contribution in [-0.4, -0.2) is 30.8 Å². The molecule has 0 aliphatic heterocycles. The first-order valence-electron chi connectivity index (χ1n) is 4.28. The van der Waals surface area contributed by atoms with Gasteiger partial charge in [0.1, 0.15) is 0 Å². The zero-order chi connectivity index (χ0) is 11.6. The van der Waals surface area contributed by atoms with Crippen LogP contribution in [0, 0.1) is 5.92 Å². The first kappa shape index (κ1) is 13.4. The van der Waals surface area contributed by atoms with Crippen molar-refractivity contribution in [2.45, 2.75) is 33.2 Å². The number of carbonyl (C=O) groups is 1. The highest BCUT2D eigenvalue weighted by Gasteiger charge is 2.24. The van der Waals surface area contributed by atoms with Crippen molar-refractivity contribution in [2.24, 2.45) is 5.92 Å². The molecule has 5 nitrogen and oxygen atoms in total. The second-order valence-corrected chi connectivity index (χ2v) is 6.14. The Morgan fingerprint density at radius 1 is 1.43 bits per heavy atom. The molecule has 0 aliphatic carbocycles. The Morgan fingerprint density at radius 3 is 2.14 bits per heavy atom. The summed E-state index contributed by atoms with van der Waals surface area (Å²) in [6, 6.07) is 0. The summed E-state index contributed by atoms with van der Waals surface area (Å²) >= 11 is 0. The second-order valence-electron chi connectivity index (χ2n) is 4.37. The molecule has 0 heterocycles. The normalized spacial score (nSPS) is 15.1. The summed E-state index contributed by atoms with van der Waals surface area (Å²) in [5.41, 5.74) is -0.572. The predicted molar refractivity (Wildman–Crippen MR) is 53.5 cm³/mol. The Bertz CT molecular complexity index is 302. The van der Waals surface area contributed by atoms with Gasteiger partial charge in [0, 0.05) is 5.54 Å². The van der Waals surface area contributed by atoms with Crippen molar-refractivity contribution in [3.8, 4) is 0 Å². The zero-order valence-electron chi connectivity index (χ0n) is 8.86. The third kappa shape index (κ3) is 5.93. The van der Waals surface area contributed by atoms with Gasteiger partial charge in [0.2, 0.25) is 10.0 Å². The number of rotatable bonds is 4. The first-order chi connectivity index (χ1) is 6.03. The highest BCUT2D eigenvalue weighted by Crippen LogP contribution is 2.06. The van der Waals surface area contributed by atoms with Crippen LogP contribution in [0.15, 0.2) is 0 Å². The summed E-state index contributed by atoms with van der Waals surface area (Å²) in [7, 11) is -3.51. The van der Waals surface area contributed by atoms with Gasteiger partial charge in [-0.25, -0.2) is 13.1 Å². The first-order valence-corrected chi connectivity index (χ1v) is 5.93. The van der Waals surface area contributed by atoms with E-state index in [2.05, 4.69) is 4.72 Å². The molecular weight excluding hydrogens is 206 g/mol. The van der Waals surface area contributed by atoms with Gasteiger partial charge >= 0.3 is 5.97 Å². The lowest BCUT2D eigenvalue weighted by atomic mass is 10.1. The molecule has 2 N–H and O–H groups in total. The van der Waals surface area contributed by atoms with Crippen LogP contribution < -0.4 is 4.72 Å². The molecular formula is C8H17NO4S. The van der Waals surface area contributed by atoms with E-state index < -0.39 is 27.4 Å². The molecule has 0 fully saturated rings. The molecule has 1 atom stereocenters. The van der Waals surface area contributed by atoms with Gasteiger partial charge in [-0.2, -0.15) is 0 Å². The quantitative estimate of drug-likeness (QED) is 0.723. The molecule has 0 aromatic heterocycles. The lowest BCUT2D eigenvalue weighted by Gasteiger charge is -2.21. The van der Waals surface area contributed by atoms with Gasteiger partial charge in [0.15, 0.2) is 0 Å². The third-order valence-corrected chi connectivity index (χ3v) is 3.21. The molecule has 0 amide bonds. The minimum atomic E-state index is -3.51. The van der Waals surface area contributed by atoms with E-state index in [0.717, 1.165) is 0 Å². The van der Waals surface area contributed by atoms with Crippen LogP contribution in [0.1, 0.15) is 27.7 Å². The molecule has 14 heavy (non-hydrogen) atoms. The molecule has 0 radical (unpaired) electrons. The molecule has 0 spiro atoms. The predicted octanol–water partition coefficient (Wildman–Crippen LogP) is 0.425. The van der Waals surface area contributed by atoms with Crippen molar-refractivity contribution in [1.82, 2.24) is 4.72 Å². The van der Waals surface area contributed by atoms with E-state index in [0.29, 0.717) is 0 Å². The van der Waals surface area contributed by atoms with Crippen molar-refractivity contribution in [2.75, 3.05) is 5.75 Å². The van der Waals surface area contributed by atoms with Gasteiger partial charge in [-0.15, -0.1) is 0 Å². The fourth-order valence-corrected chi connectivity index (χ4v) is 2.73. The Hall–Kier alpha value is -0.620. The summed E-state index contributed by atoms with van der Waals surface area (Å²) in [5.74, 6) is -2.39. The van der Waals surface area contributed by atoms with Crippen molar-refractivity contribution in [3.63, 3.8) is 0 Å². The van der Waals surface area contributed by atoms with Crippen LogP contribution in [0.2, 0.25) is 0 Å². The summed E-state index contributed by atoms with van der Waals surface area (Å²) in [5, 5.41) is 8.55. The van der Waals surface area contributed by atoms with Gasteiger partial charge in [-0.3, -0.25) is 4.79 Å². The minimum absolute atomic E-state index is 0.389. The van der Waals surface area contributed by atoms with Crippen LogP contribution in [0.5, 0.6) is 0 Å². The van der Waals surface area contributed by atoms with E-state index in [1.807, 2.05) is 0 Å². The molecule has 0 aromatic carbocycles. The number of hydrogen-bond acceptors (Lipinski definition) is 3. The standard InChI is InChI=1S/C8H17NO4S/c1-6(7(10)11)5-14(12,13)9-8(2,3)4/h6,9H,5H2,1-4H3,(H,10,11). The minimum Gasteiger partial charge on any atom is -0.481 e. The number of hydrogen-bond donors (Lipinski definition) is 2. The van der Waals surface area contributed by atoms with Crippen LogP contribution in [-0.2, 0) is 14.8 Å². The summed E-state index contributed by atoms with van der Waals surface area (Å²) in [6.07, 6.45) is 0. The maximum Gasteiger partial charge on any atom is 0.307 e. The molecule has 0 rings (SSSR count). The molecule has 0 aliphatic rings. The molecule has 0 bridgehead atoms. The van der Waals surface area contributed by atoms with Gasteiger partial charge < -0.3 is 5.11 Å². The van der Waals surface area contributed by atoms with Crippen molar-refractivity contribution < 1.29 is 18.3 Å². The maximum absolute atomic E-state index is 11.4. The largest absolute Gasteiger partial charge is 0.481 e. The number of aliphatic carboxylic acids is 1. The number of carboxylic acids is 1. The molecule has 6 heteroatoms. The fraction of sp³-hybridized carbons (Fsp3) is 0.875. The Labute approximate surface area is 84.6 Å². The smallest absolute Gasteiger partial charge is 0.307 e. The molecule has 0 aromatic rings. The molecule has 0 saturated heterocycles. The van der Waals surface area contributed by atoms with E-state index in [4.69, 9.17) is 5.11 Å². The Kier molecular flexibility index (Phi) is 4.08. The monoisotopic (exact) mass is 223 g/mol. The lowest BCUT2D eigenvalue weighted by molar-refractivity contribution is -0.140. The molecule has 1 unspecified atom stereocenters.